The average molecular weight is 311 g/mol. The molecule has 3 N–H and O–H groups in total. The van der Waals surface area contributed by atoms with Gasteiger partial charge in [-0.15, -0.1) is 0 Å². The number of nitrogens with zero attached hydrogens (tertiary/aromatic N) is 1. The number of sulfonamides is 1. The molecule has 1 aromatic carbocycles. The molecule has 1 fully saturated rings. The highest BCUT2D eigenvalue weighted by Gasteiger charge is 2.28. The van der Waals surface area contributed by atoms with E-state index in [0.29, 0.717) is 29.9 Å². The van der Waals surface area contributed by atoms with E-state index < -0.39 is 10.0 Å². The van der Waals surface area contributed by atoms with Crippen molar-refractivity contribution < 1.29 is 8.42 Å². The van der Waals surface area contributed by atoms with Gasteiger partial charge >= 0.3 is 0 Å². The monoisotopic (exact) mass is 311 g/mol. The third kappa shape index (κ3) is 3.56. The molecule has 0 saturated carbocycles. The Bertz CT molecular complexity index is 574. The minimum Gasteiger partial charge on any atom is -0.367 e. The van der Waals surface area contributed by atoms with E-state index >= 15 is 0 Å². The highest BCUT2D eigenvalue weighted by atomic mass is 32.2. The van der Waals surface area contributed by atoms with Crippen molar-refractivity contribution in [3.05, 3.63) is 24.3 Å². The maximum atomic E-state index is 12.4. The van der Waals surface area contributed by atoms with Gasteiger partial charge in [-0.2, -0.15) is 0 Å². The lowest BCUT2D eigenvalue weighted by atomic mass is 9.93. The van der Waals surface area contributed by atoms with Crippen molar-refractivity contribution in [2.24, 2.45) is 11.7 Å². The normalized spacial score (nSPS) is 23.3. The van der Waals surface area contributed by atoms with Crippen LogP contribution in [-0.2, 0) is 10.0 Å². The van der Waals surface area contributed by atoms with Gasteiger partial charge in [0, 0.05) is 19.1 Å². The van der Waals surface area contributed by atoms with Crippen LogP contribution < -0.4 is 15.4 Å². The minimum absolute atomic E-state index is 0.325. The summed E-state index contributed by atoms with van der Waals surface area (Å²) in [7, 11) is -3.46. The van der Waals surface area contributed by atoms with Crippen LogP contribution >= 0.6 is 0 Å². The molecule has 1 aromatic rings. The Morgan fingerprint density at radius 3 is 2.71 bits per heavy atom. The first-order chi connectivity index (χ1) is 9.99. The Kier molecular flexibility index (Phi) is 5.24. The van der Waals surface area contributed by atoms with Crippen LogP contribution in [0.2, 0.25) is 0 Å². The van der Waals surface area contributed by atoms with Crippen LogP contribution in [0.3, 0.4) is 0 Å². The Balaban J connectivity index is 2.39. The van der Waals surface area contributed by atoms with Crippen molar-refractivity contribution in [1.29, 1.82) is 0 Å². The summed E-state index contributed by atoms with van der Waals surface area (Å²) in [6.45, 7) is 5.77. The predicted octanol–water partition coefficient (Wildman–Crippen LogP) is 1.55. The molecule has 0 aliphatic carbocycles. The SMILES string of the molecule is CCNS(=O)(=O)c1ccccc1N1CC(CN)CCC1C. The molecule has 2 rings (SSSR count). The molecule has 21 heavy (non-hydrogen) atoms. The van der Waals surface area contributed by atoms with Crippen molar-refractivity contribution in [2.45, 2.75) is 37.6 Å². The zero-order valence-corrected chi connectivity index (χ0v) is 13.6. The number of anilines is 1. The summed E-state index contributed by atoms with van der Waals surface area (Å²) in [6.07, 6.45) is 2.15. The molecule has 0 radical (unpaired) electrons. The molecule has 0 bridgehead atoms. The topological polar surface area (TPSA) is 75.4 Å². The lowest BCUT2D eigenvalue weighted by Gasteiger charge is -2.40. The molecule has 0 aromatic heterocycles. The molecular weight excluding hydrogens is 286 g/mol. The molecule has 2 unspecified atom stereocenters. The van der Waals surface area contributed by atoms with Gasteiger partial charge in [-0.05, 0) is 44.4 Å². The van der Waals surface area contributed by atoms with Gasteiger partial charge in [-0.1, -0.05) is 19.1 Å². The van der Waals surface area contributed by atoms with Crippen LogP contribution in [0.4, 0.5) is 5.69 Å². The number of hydrogen-bond donors (Lipinski definition) is 2. The maximum Gasteiger partial charge on any atom is 0.242 e. The van der Waals surface area contributed by atoms with E-state index in [1.165, 1.54) is 0 Å². The minimum atomic E-state index is -3.46. The summed E-state index contributed by atoms with van der Waals surface area (Å²) in [5.41, 5.74) is 6.58. The first-order valence-corrected chi connectivity index (χ1v) is 9.03. The fourth-order valence-electron chi connectivity index (χ4n) is 2.90. The summed E-state index contributed by atoms with van der Waals surface area (Å²) in [5.74, 6) is 0.427. The van der Waals surface area contributed by atoms with Gasteiger partial charge in [0.15, 0.2) is 0 Å². The predicted molar refractivity (Wildman–Crippen MR) is 85.9 cm³/mol. The number of nitrogens with one attached hydrogen (secondary N) is 1. The molecule has 2 atom stereocenters. The molecule has 0 spiro atoms. The number of para-hydroxylation sites is 1. The number of rotatable bonds is 5. The Morgan fingerprint density at radius 1 is 1.33 bits per heavy atom. The van der Waals surface area contributed by atoms with Crippen molar-refractivity contribution in [1.82, 2.24) is 4.72 Å². The zero-order valence-electron chi connectivity index (χ0n) is 12.7. The number of nitrogens with two attached hydrogens (primary N) is 1. The lowest BCUT2D eigenvalue weighted by molar-refractivity contribution is 0.372. The first kappa shape index (κ1) is 16.3. The third-order valence-corrected chi connectivity index (χ3v) is 5.70. The largest absolute Gasteiger partial charge is 0.367 e. The molecule has 1 aliphatic heterocycles. The summed E-state index contributed by atoms with van der Waals surface area (Å²) in [5, 5.41) is 0. The third-order valence-electron chi connectivity index (χ3n) is 4.11. The van der Waals surface area contributed by atoms with Crippen LogP contribution in [0.5, 0.6) is 0 Å². The second kappa shape index (κ2) is 6.77. The average Bonchev–Trinajstić information content (AvgIpc) is 2.48. The number of piperidine rings is 1. The smallest absolute Gasteiger partial charge is 0.242 e. The quantitative estimate of drug-likeness (QED) is 0.865. The summed E-state index contributed by atoms with van der Waals surface area (Å²) < 4.78 is 27.4. The zero-order chi connectivity index (χ0) is 15.5. The Hall–Kier alpha value is -1.11. The summed E-state index contributed by atoms with van der Waals surface area (Å²) in [4.78, 5) is 2.54. The van der Waals surface area contributed by atoms with E-state index in [9.17, 15) is 8.42 Å². The van der Waals surface area contributed by atoms with Gasteiger partial charge in [-0.25, -0.2) is 13.1 Å². The van der Waals surface area contributed by atoms with E-state index in [4.69, 9.17) is 5.73 Å². The summed E-state index contributed by atoms with van der Waals surface area (Å²) >= 11 is 0. The first-order valence-electron chi connectivity index (χ1n) is 7.55. The number of benzene rings is 1. The highest BCUT2D eigenvalue weighted by molar-refractivity contribution is 7.89. The second-order valence-corrected chi connectivity index (χ2v) is 7.38. The van der Waals surface area contributed by atoms with E-state index in [2.05, 4.69) is 16.5 Å². The van der Waals surface area contributed by atoms with Crippen molar-refractivity contribution in [3.63, 3.8) is 0 Å². The Morgan fingerprint density at radius 2 is 2.05 bits per heavy atom. The van der Waals surface area contributed by atoms with Gasteiger partial charge < -0.3 is 10.6 Å². The fourth-order valence-corrected chi connectivity index (χ4v) is 4.15. The number of hydrogen-bond acceptors (Lipinski definition) is 4. The van der Waals surface area contributed by atoms with Crippen molar-refractivity contribution in [3.8, 4) is 0 Å². The van der Waals surface area contributed by atoms with E-state index in [-0.39, 0.29) is 0 Å². The fraction of sp³-hybridized carbons (Fsp3) is 0.600. The molecule has 1 saturated heterocycles. The van der Waals surface area contributed by atoms with Crippen LogP contribution in [0.1, 0.15) is 26.7 Å². The molecule has 0 amide bonds. The Labute approximate surface area is 127 Å². The molecule has 1 heterocycles. The highest BCUT2D eigenvalue weighted by Crippen LogP contribution is 2.32. The second-order valence-electron chi connectivity index (χ2n) is 5.65. The summed E-state index contributed by atoms with van der Waals surface area (Å²) in [6, 6.07) is 7.54. The molecule has 118 valence electrons. The molecule has 1 aliphatic rings. The van der Waals surface area contributed by atoms with Crippen molar-refractivity contribution in [2.75, 3.05) is 24.5 Å². The molecule has 6 heteroatoms. The van der Waals surface area contributed by atoms with E-state index in [1.54, 1.807) is 19.1 Å². The van der Waals surface area contributed by atoms with Gasteiger partial charge in [-0.3, -0.25) is 0 Å². The van der Waals surface area contributed by atoms with E-state index in [1.807, 2.05) is 12.1 Å². The van der Waals surface area contributed by atoms with Crippen molar-refractivity contribution >= 4 is 15.7 Å². The van der Waals surface area contributed by atoms with Gasteiger partial charge in [0.1, 0.15) is 4.90 Å². The van der Waals surface area contributed by atoms with Crippen LogP contribution in [0, 0.1) is 5.92 Å². The van der Waals surface area contributed by atoms with Crippen LogP contribution in [0.15, 0.2) is 29.2 Å². The lowest BCUT2D eigenvalue weighted by Crippen LogP contribution is -2.44. The standard InChI is InChI=1S/C15H25N3O2S/c1-3-17-21(19,20)15-7-5-4-6-14(15)18-11-13(10-16)9-8-12(18)2/h4-7,12-13,17H,3,8-11,16H2,1-2H3. The van der Waals surface area contributed by atoms with Gasteiger partial charge in [0.2, 0.25) is 10.0 Å². The maximum absolute atomic E-state index is 12.4. The molecular formula is C15H25N3O2S. The van der Waals surface area contributed by atoms with Gasteiger partial charge in [0.05, 0.1) is 5.69 Å². The van der Waals surface area contributed by atoms with Crippen LogP contribution in [0.25, 0.3) is 0 Å². The van der Waals surface area contributed by atoms with Gasteiger partial charge in [0.25, 0.3) is 0 Å². The molecule has 5 nitrogen and oxygen atoms in total. The van der Waals surface area contributed by atoms with Crippen LogP contribution in [-0.4, -0.2) is 34.1 Å². The van der Waals surface area contributed by atoms with E-state index in [0.717, 1.165) is 25.1 Å².